The van der Waals surface area contributed by atoms with Gasteiger partial charge in [-0.3, -0.25) is 0 Å². The highest BCUT2D eigenvalue weighted by Crippen LogP contribution is 2.34. The van der Waals surface area contributed by atoms with Gasteiger partial charge in [-0.15, -0.1) is 0 Å². The Bertz CT molecular complexity index is 620. The Labute approximate surface area is 123 Å². The van der Waals surface area contributed by atoms with Gasteiger partial charge in [0.05, 0.1) is 5.69 Å². The standard InChI is InChI=1S/C12H12BrN3O2S/c1-6-7(2)18-12(15-6)19-10-4-3-8(5-9(10)13)11(14)16-17/h3-5,17H,1-2H3,(H2,14,16). The van der Waals surface area contributed by atoms with Gasteiger partial charge in [-0.25, -0.2) is 4.98 Å². The molecule has 0 unspecified atom stereocenters. The molecule has 7 heteroatoms. The summed E-state index contributed by atoms with van der Waals surface area (Å²) in [6.45, 7) is 3.78. The highest BCUT2D eigenvalue weighted by atomic mass is 79.9. The minimum Gasteiger partial charge on any atom is -0.436 e. The zero-order valence-corrected chi connectivity index (χ0v) is 12.7. The van der Waals surface area contributed by atoms with E-state index in [-0.39, 0.29) is 5.84 Å². The third-order valence-electron chi connectivity index (χ3n) is 2.54. The first kappa shape index (κ1) is 14.0. The number of aryl methyl sites for hydroxylation is 2. The van der Waals surface area contributed by atoms with Crippen LogP contribution in [0.3, 0.4) is 0 Å². The van der Waals surface area contributed by atoms with Gasteiger partial charge >= 0.3 is 0 Å². The number of oxime groups is 1. The molecule has 0 bridgehead atoms. The molecule has 1 aromatic heterocycles. The molecule has 0 spiro atoms. The molecule has 0 aliphatic carbocycles. The van der Waals surface area contributed by atoms with Crippen LogP contribution in [0.15, 0.2) is 42.4 Å². The van der Waals surface area contributed by atoms with Crippen molar-refractivity contribution in [1.29, 1.82) is 0 Å². The number of hydrogen-bond acceptors (Lipinski definition) is 5. The number of halogens is 1. The summed E-state index contributed by atoms with van der Waals surface area (Å²) in [7, 11) is 0. The van der Waals surface area contributed by atoms with E-state index < -0.39 is 0 Å². The molecule has 5 nitrogen and oxygen atoms in total. The van der Waals surface area contributed by atoms with Gasteiger partial charge in [-0.1, -0.05) is 5.16 Å². The molecular formula is C12H12BrN3O2S. The van der Waals surface area contributed by atoms with E-state index in [0.717, 1.165) is 20.8 Å². The maximum Gasteiger partial charge on any atom is 0.261 e. The lowest BCUT2D eigenvalue weighted by Gasteiger charge is -2.04. The summed E-state index contributed by atoms with van der Waals surface area (Å²) in [5.41, 5.74) is 7.05. The van der Waals surface area contributed by atoms with E-state index in [1.807, 2.05) is 19.9 Å². The monoisotopic (exact) mass is 341 g/mol. The van der Waals surface area contributed by atoms with Gasteiger partial charge in [0.1, 0.15) is 5.76 Å². The molecule has 2 aromatic rings. The molecule has 0 fully saturated rings. The van der Waals surface area contributed by atoms with E-state index >= 15 is 0 Å². The zero-order valence-electron chi connectivity index (χ0n) is 10.3. The predicted molar refractivity (Wildman–Crippen MR) is 76.8 cm³/mol. The molecule has 0 saturated heterocycles. The molecular weight excluding hydrogens is 330 g/mol. The number of rotatable bonds is 3. The summed E-state index contributed by atoms with van der Waals surface area (Å²) in [6.07, 6.45) is 0. The van der Waals surface area contributed by atoms with Crippen LogP contribution in [-0.4, -0.2) is 16.0 Å². The molecule has 1 heterocycles. The Morgan fingerprint density at radius 1 is 1.47 bits per heavy atom. The average Bonchev–Trinajstić information content (AvgIpc) is 2.70. The Hall–Kier alpha value is -1.47. The highest BCUT2D eigenvalue weighted by molar-refractivity contribution is 9.10. The topological polar surface area (TPSA) is 84.6 Å². The van der Waals surface area contributed by atoms with Gasteiger partial charge in [-0.05, 0) is 59.7 Å². The normalized spacial score (nSPS) is 11.8. The molecule has 0 radical (unpaired) electrons. The van der Waals surface area contributed by atoms with Crippen LogP contribution < -0.4 is 5.73 Å². The summed E-state index contributed by atoms with van der Waals surface area (Å²) in [4.78, 5) is 5.25. The molecule has 0 aliphatic rings. The highest BCUT2D eigenvalue weighted by Gasteiger charge is 2.11. The minimum absolute atomic E-state index is 0.0695. The number of nitrogens with zero attached hydrogens (tertiary/aromatic N) is 2. The molecule has 2 rings (SSSR count). The Morgan fingerprint density at radius 2 is 2.21 bits per heavy atom. The first-order valence-electron chi connectivity index (χ1n) is 5.40. The minimum atomic E-state index is 0.0695. The van der Waals surface area contributed by atoms with Gasteiger partial charge in [0, 0.05) is 14.9 Å². The van der Waals surface area contributed by atoms with Gasteiger partial charge in [0.2, 0.25) is 0 Å². The van der Waals surface area contributed by atoms with Crippen LogP contribution in [0.5, 0.6) is 0 Å². The molecule has 1 aromatic carbocycles. The van der Waals surface area contributed by atoms with Crippen molar-refractivity contribution in [2.45, 2.75) is 24.0 Å². The van der Waals surface area contributed by atoms with Gasteiger partial charge in [0.25, 0.3) is 5.22 Å². The SMILES string of the molecule is Cc1nc(Sc2ccc(/C(N)=N/O)cc2Br)oc1C. The lowest BCUT2D eigenvalue weighted by atomic mass is 10.2. The maximum absolute atomic E-state index is 8.63. The molecule has 19 heavy (non-hydrogen) atoms. The first-order valence-corrected chi connectivity index (χ1v) is 7.01. The molecule has 3 N–H and O–H groups in total. The van der Waals surface area contributed by atoms with Gasteiger partial charge in [-0.2, -0.15) is 0 Å². The molecule has 0 saturated carbocycles. The molecule has 100 valence electrons. The van der Waals surface area contributed by atoms with E-state index in [1.165, 1.54) is 11.8 Å². The van der Waals surface area contributed by atoms with Gasteiger partial charge < -0.3 is 15.4 Å². The number of amidine groups is 1. The van der Waals surface area contributed by atoms with Crippen LogP contribution in [0.25, 0.3) is 0 Å². The van der Waals surface area contributed by atoms with Crippen molar-refractivity contribution in [2.75, 3.05) is 0 Å². The lowest BCUT2D eigenvalue weighted by molar-refractivity contribution is 0.318. The quantitative estimate of drug-likeness (QED) is 0.387. The largest absolute Gasteiger partial charge is 0.436 e. The van der Waals surface area contributed by atoms with Crippen LogP contribution >= 0.6 is 27.7 Å². The summed E-state index contributed by atoms with van der Waals surface area (Å²) >= 11 is 4.85. The fourth-order valence-corrected chi connectivity index (χ4v) is 2.83. The zero-order chi connectivity index (χ0) is 14.0. The third kappa shape index (κ3) is 3.10. The fraction of sp³-hybridized carbons (Fsp3) is 0.167. The van der Waals surface area contributed by atoms with Crippen molar-refractivity contribution in [3.8, 4) is 0 Å². The van der Waals surface area contributed by atoms with Crippen molar-refractivity contribution >= 4 is 33.5 Å². The third-order valence-corrected chi connectivity index (χ3v) is 4.39. The Kier molecular flexibility index (Phi) is 4.16. The molecule has 0 aliphatic heterocycles. The lowest BCUT2D eigenvalue weighted by Crippen LogP contribution is -2.12. The molecule has 0 amide bonds. The number of aromatic nitrogens is 1. The van der Waals surface area contributed by atoms with Crippen LogP contribution in [0.4, 0.5) is 0 Å². The van der Waals surface area contributed by atoms with Gasteiger partial charge in [0.15, 0.2) is 5.84 Å². The van der Waals surface area contributed by atoms with E-state index in [1.54, 1.807) is 12.1 Å². The summed E-state index contributed by atoms with van der Waals surface area (Å²) < 4.78 is 6.34. The summed E-state index contributed by atoms with van der Waals surface area (Å²) in [5, 5.41) is 12.2. The summed E-state index contributed by atoms with van der Waals surface area (Å²) in [6, 6.07) is 5.40. The van der Waals surface area contributed by atoms with E-state index in [2.05, 4.69) is 26.1 Å². The van der Waals surface area contributed by atoms with Crippen molar-refractivity contribution < 1.29 is 9.62 Å². The van der Waals surface area contributed by atoms with Crippen molar-refractivity contribution in [2.24, 2.45) is 10.9 Å². The summed E-state index contributed by atoms with van der Waals surface area (Å²) in [5.74, 6) is 0.881. The van der Waals surface area contributed by atoms with E-state index in [9.17, 15) is 0 Å². The predicted octanol–water partition coefficient (Wildman–Crippen LogP) is 3.30. The number of nitrogens with two attached hydrogens (primary N) is 1. The Balaban J connectivity index is 2.26. The smallest absolute Gasteiger partial charge is 0.261 e. The number of oxazole rings is 1. The Morgan fingerprint density at radius 3 is 2.74 bits per heavy atom. The van der Waals surface area contributed by atoms with Crippen LogP contribution in [-0.2, 0) is 0 Å². The van der Waals surface area contributed by atoms with Crippen LogP contribution in [0, 0.1) is 13.8 Å². The maximum atomic E-state index is 8.63. The number of benzene rings is 1. The second kappa shape index (κ2) is 5.66. The average molecular weight is 342 g/mol. The van der Waals surface area contributed by atoms with Crippen molar-refractivity contribution in [3.63, 3.8) is 0 Å². The second-order valence-electron chi connectivity index (χ2n) is 3.85. The number of hydrogen-bond donors (Lipinski definition) is 2. The first-order chi connectivity index (χ1) is 9.01. The van der Waals surface area contributed by atoms with Crippen LogP contribution in [0.2, 0.25) is 0 Å². The van der Waals surface area contributed by atoms with Crippen molar-refractivity contribution in [3.05, 3.63) is 39.7 Å². The molecule has 0 atom stereocenters. The second-order valence-corrected chi connectivity index (χ2v) is 5.70. The van der Waals surface area contributed by atoms with E-state index in [4.69, 9.17) is 15.4 Å². The van der Waals surface area contributed by atoms with Crippen molar-refractivity contribution in [1.82, 2.24) is 4.98 Å². The van der Waals surface area contributed by atoms with E-state index in [0.29, 0.717) is 10.8 Å². The fourth-order valence-electron chi connectivity index (χ4n) is 1.38. The van der Waals surface area contributed by atoms with Crippen LogP contribution in [0.1, 0.15) is 17.0 Å².